The van der Waals surface area contributed by atoms with E-state index < -0.39 is 18.1 Å². The fraction of sp³-hybridized carbons (Fsp3) is 0.619. The number of nitrogens with one attached hydrogen (secondary N) is 1. The summed E-state index contributed by atoms with van der Waals surface area (Å²) in [5, 5.41) is 2.93. The van der Waals surface area contributed by atoms with Crippen LogP contribution in [0.1, 0.15) is 56.9 Å². The Morgan fingerprint density at radius 1 is 1.14 bits per heavy atom. The third-order valence-corrected chi connectivity index (χ3v) is 4.92. The minimum Gasteiger partial charge on any atom is -0.494 e. The smallest absolute Gasteiger partial charge is 0.491 e. The molecule has 0 aliphatic heterocycles. The molecule has 1 aromatic carbocycles. The molecule has 2 rings (SSSR count). The largest absolute Gasteiger partial charge is 0.494 e. The summed E-state index contributed by atoms with van der Waals surface area (Å²) in [6, 6.07) is 7.51. The molecule has 0 saturated heterocycles. The molecule has 0 spiro atoms. The molecule has 162 valence electrons. The Morgan fingerprint density at radius 2 is 1.90 bits per heavy atom. The number of halogens is 3. The van der Waals surface area contributed by atoms with Crippen LogP contribution in [0.3, 0.4) is 0 Å². The number of hydrogen-bond donors (Lipinski definition) is 1. The average Bonchev–Trinajstić information content (AvgIpc) is 2.69. The van der Waals surface area contributed by atoms with Gasteiger partial charge in [0.15, 0.2) is 0 Å². The number of rotatable bonds is 10. The molecule has 0 radical (unpaired) electrons. The van der Waals surface area contributed by atoms with E-state index in [0.29, 0.717) is 13.2 Å². The third-order valence-electron chi connectivity index (χ3n) is 4.92. The molecule has 0 unspecified atom stereocenters. The van der Waals surface area contributed by atoms with Crippen LogP contribution < -0.4 is 10.1 Å². The van der Waals surface area contributed by atoms with Crippen molar-refractivity contribution in [1.82, 2.24) is 5.32 Å². The lowest BCUT2D eigenvalue weighted by Crippen LogP contribution is -2.29. The van der Waals surface area contributed by atoms with E-state index in [-0.39, 0.29) is 13.0 Å². The molecule has 8 heteroatoms. The molecule has 1 aliphatic carbocycles. The summed E-state index contributed by atoms with van der Waals surface area (Å²) in [4.78, 5) is 21.8. The predicted octanol–water partition coefficient (Wildman–Crippen LogP) is 4.54. The molecule has 1 saturated carbocycles. The Hall–Kier alpha value is -2.09. The fourth-order valence-electron chi connectivity index (χ4n) is 3.42. The lowest BCUT2D eigenvalue weighted by molar-refractivity contribution is -0.201. The third kappa shape index (κ3) is 9.30. The van der Waals surface area contributed by atoms with E-state index >= 15 is 0 Å². The van der Waals surface area contributed by atoms with Crippen LogP contribution in [0.25, 0.3) is 0 Å². The van der Waals surface area contributed by atoms with Crippen LogP contribution in [0, 0.1) is 5.92 Å². The molecule has 5 nitrogen and oxygen atoms in total. The van der Waals surface area contributed by atoms with Gasteiger partial charge in [-0.05, 0) is 36.5 Å². The highest BCUT2D eigenvalue weighted by Gasteiger charge is 2.42. The van der Waals surface area contributed by atoms with Crippen LogP contribution in [0.5, 0.6) is 5.75 Å². The number of hydrogen-bond acceptors (Lipinski definition) is 5. The van der Waals surface area contributed by atoms with E-state index in [1.807, 2.05) is 24.3 Å². The van der Waals surface area contributed by atoms with Crippen molar-refractivity contribution in [2.24, 2.45) is 5.92 Å². The minimum atomic E-state index is -5.17. The van der Waals surface area contributed by atoms with Gasteiger partial charge in [-0.1, -0.05) is 44.2 Å². The van der Waals surface area contributed by atoms with E-state index in [1.165, 1.54) is 38.5 Å². The van der Waals surface area contributed by atoms with Crippen molar-refractivity contribution in [3.63, 3.8) is 0 Å². The Bertz CT molecular complexity index is 658. The Kier molecular flexibility index (Phi) is 9.44. The van der Waals surface area contributed by atoms with Gasteiger partial charge in [0.1, 0.15) is 5.75 Å². The highest BCUT2D eigenvalue weighted by molar-refractivity contribution is 5.88. The van der Waals surface area contributed by atoms with Crippen LogP contribution in [0.2, 0.25) is 0 Å². The minimum absolute atomic E-state index is 0.0937. The Labute approximate surface area is 168 Å². The second kappa shape index (κ2) is 11.8. The van der Waals surface area contributed by atoms with Crippen LogP contribution in [-0.4, -0.2) is 31.3 Å². The van der Waals surface area contributed by atoms with Crippen molar-refractivity contribution in [3.8, 4) is 5.75 Å². The summed E-state index contributed by atoms with van der Waals surface area (Å²) in [7, 11) is 0. The number of alkyl halides is 3. The average molecular weight is 415 g/mol. The van der Waals surface area contributed by atoms with Crippen molar-refractivity contribution in [1.29, 1.82) is 0 Å². The molecule has 0 amide bonds. The number of carbonyl (C=O) groups excluding carboxylic acids is 2. The van der Waals surface area contributed by atoms with Gasteiger partial charge in [0, 0.05) is 13.1 Å². The zero-order valence-electron chi connectivity index (χ0n) is 16.4. The van der Waals surface area contributed by atoms with E-state index in [4.69, 9.17) is 4.74 Å². The van der Waals surface area contributed by atoms with Gasteiger partial charge >= 0.3 is 18.1 Å². The molecule has 1 fully saturated rings. The molecule has 0 bridgehead atoms. The second-order valence-corrected chi connectivity index (χ2v) is 7.33. The highest BCUT2D eigenvalue weighted by Crippen LogP contribution is 2.27. The second-order valence-electron chi connectivity index (χ2n) is 7.33. The topological polar surface area (TPSA) is 64.6 Å². The molecule has 0 aromatic heterocycles. The van der Waals surface area contributed by atoms with Crippen molar-refractivity contribution < 1.29 is 32.2 Å². The summed E-state index contributed by atoms with van der Waals surface area (Å²) < 4.78 is 45.6. The fourth-order valence-corrected chi connectivity index (χ4v) is 3.42. The number of carbonyl (C=O) groups is 2. The maximum atomic E-state index is 12.0. The van der Waals surface area contributed by atoms with Gasteiger partial charge < -0.3 is 14.8 Å². The van der Waals surface area contributed by atoms with Crippen molar-refractivity contribution >= 4 is 11.9 Å². The summed E-state index contributed by atoms with van der Waals surface area (Å²) >= 11 is 0. The van der Waals surface area contributed by atoms with Gasteiger partial charge in [-0.3, -0.25) is 4.79 Å². The van der Waals surface area contributed by atoms with E-state index in [9.17, 15) is 22.8 Å². The van der Waals surface area contributed by atoms with Crippen LogP contribution in [-0.2, 0) is 20.9 Å². The Balaban J connectivity index is 1.61. The van der Waals surface area contributed by atoms with Crippen LogP contribution in [0.15, 0.2) is 24.3 Å². The zero-order chi connectivity index (χ0) is 21.1. The van der Waals surface area contributed by atoms with Gasteiger partial charge in [0.05, 0.1) is 13.0 Å². The highest BCUT2D eigenvalue weighted by atomic mass is 19.4. The van der Waals surface area contributed by atoms with Crippen LogP contribution in [0.4, 0.5) is 13.2 Å². The number of benzene rings is 1. The standard InChI is InChI=1S/C21H28F3NO4/c22-21(23,24)20(27)29-19(26)11-12-25-15-17-8-4-10-18(14-17)28-13-5-9-16-6-2-1-3-7-16/h4,8,10,14,16,25H,1-3,5-7,9,11-13,15H2. The molecule has 0 atom stereocenters. The van der Waals surface area contributed by atoms with E-state index in [2.05, 4.69) is 10.1 Å². The lowest BCUT2D eigenvalue weighted by atomic mass is 9.86. The zero-order valence-corrected chi connectivity index (χ0v) is 16.4. The first-order chi connectivity index (χ1) is 13.8. The summed E-state index contributed by atoms with van der Waals surface area (Å²) in [5.41, 5.74) is 0.925. The molecular formula is C21H28F3NO4. The first kappa shape index (κ1) is 23.2. The maximum absolute atomic E-state index is 12.0. The quantitative estimate of drug-likeness (QED) is 0.345. The van der Waals surface area contributed by atoms with Gasteiger partial charge in [-0.2, -0.15) is 13.2 Å². The maximum Gasteiger partial charge on any atom is 0.491 e. The molecule has 1 N–H and O–H groups in total. The van der Waals surface area contributed by atoms with Crippen molar-refractivity contribution in [2.45, 2.75) is 64.1 Å². The number of ether oxygens (including phenoxy) is 2. The monoisotopic (exact) mass is 415 g/mol. The van der Waals surface area contributed by atoms with Gasteiger partial charge in [0.2, 0.25) is 0 Å². The van der Waals surface area contributed by atoms with Crippen molar-refractivity contribution in [3.05, 3.63) is 29.8 Å². The summed E-state index contributed by atoms with van der Waals surface area (Å²) in [6.07, 6.45) is 3.45. The molecule has 29 heavy (non-hydrogen) atoms. The lowest BCUT2D eigenvalue weighted by Gasteiger charge is -2.21. The molecule has 1 aromatic rings. The van der Waals surface area contributed by atoms with Gasteiger partial charge in [0.25, 0.3) is 0 Å². The predicted molar refractivity (Wildman–Crippen MR) is 101 cm³/mol. The van der Waals surface area contributed by atoms with E-state index in [0.717, 1.165) is 23.7 Å². The summed E-state index contributed by atoms with van der Waals surface area (Å²) in [6.45, 7) is 1.18. The number of esters is 2. The molecular weight excluding hydrogens is 387 g/mol. The van der Waals surface area contributed by atoms with E-state index in [1.54, 1.807) is 0 Å². The SMILES string of the molecule is O=C(CCNCc1cccc(OCCCC2CCCCC2)c1)OC(=O)C(F)(F)F. The van der Waals surface area contributed by atoms with Crippen molar-refractivity contribution in [2.75, 3.05) is 13.2 Å². The molecule has 1 aliphatic rings. The first-order valence-corrected chi connectivity index (χ1v) is 10.1. The molecule has 0 heterocycles. The van der Waals surface area contributed by atoms with Gasteiger partial charge in [-0.25, -0.2) is 4.79 Å². The Morgan fingerprint density at radius 3 is 2.62 bits per heavy atom. The normalized spacial score (nSPS) is 15.1. The summed E-state index contributed by atoms with van der Waals surface area (Å²) in [5.74, 6) is -2.10. The first-order valence-electron chi connectivity index (χ1n) is 10.1. The van der Waals surface area contributed by atoms with Gasteiger partial charge in [-0.15, -0.1) is 0 Å². The van der Waals surface area contributed by atoms with Crippen LogP contribution >= 0.6 is 0 Å².